The first-order chi connectivity index (χ1) is 10.5. The van der Waals surface area contributed by atoms with Crippen LogP contribution in [-0.2, 0) is 9.36 Å². The van der Waals surface area contributed by atoms with Crippen molar-refractivity contribution < 1.29 is 9.36 Å². The predicted octanol–water partition coefficient (Wildman–Crippen LogP) is 1.51. The van der Waals surface area contributed by atoms with Gasteiger partial charge in [-0.3, -0.25) is 14.8 Å². The van der Waals surface area contributed by atoms with Crippen molar-refractivity contribution in [1.82, 2.24) is 10.2 Å². The Labute approximate surface area is 134 Å². The van der Waals surface area contributed by atoms with Crippen LogP contribution in [0.4, 0.5) is 0 Å². The Morgan fingerprint density at radius 2 is 1.45 bits per heavy atom. The third-order valence-electron chi connectivity index (χ3n) is 3.01. The van der Waals surface area contributed by atoms with E-state index >= 15 is 0 Å². The van der Waals surface area contributed by atoms with Gasteiger partial charge in [-0.1, -0.05) is 36.4 Å². The van der Waals surface area contributed by atoms with Crippen molar-refractivity contribution in [3.63, 3.8) is 0 Å². The van der Waals surface area contributed by atoms with Crippen molar-refractivity contribution in [2.75, 3.05) is 0 Å². The van der Waals surface area contributed by atoms with Gasteiger partial charge in [0.05, 0.1) is 0 Å². The zero-order valence-electron chi connectivity index (χ0n) is 12.0. The molecule has 114 valence electrons. The fraction of sp³-hybridized carbons (Fsp3) is 0.0667. The molecule has 0 aliphatic rings. The highest BCUT2D eigenvalue weighted by atomic mass is 32.1. The highest BCUT2D eigenvalue weighted by Gasteiger charge is 2.37. The van der Waals surface area contributed by atoms with Gasteiger partial charge in [-0.05, 0) is 36.5 Å². The number of carbonyl (C=O) groups is 1. The maximum absolute atomic E-state index is 13.8. The number of hydrogen-bond donors (Lipinski definition) is 2. The van der Waals surface area contributed by atoms with E-state index in [1.807, 2.05) is 12.1 Å². The second-order valence-corrected chi connectivity index (χ2v) is 7.58. The minimum Gasteiger partial charge on any atom is -0.375 e. The van der Waals surface area contributed by atoms with Crippen LogP contribution in [0.25, 0.3) is 0 Å². The van der Waals surface area contributed by atoms with Gasteiger partial charge in [0.25, 0.3) is 0 Å². The number of hydrazine groups is 1. The van der Waals surface area contributed by atoms with Crippen molar-refractivity contribution in [2.45, 2.75) is 6.92 Å². The van der Waals surface area contributed by atoms with E-state index in [0.29, 0.717) is 10.6 Å². The van der Waals surface area contributed by atoms with Crippen LogP contribution in [-0.4, -0.2) is 15.8 Å². The molecule has 2 rings (SSSR count). The third-order valence-corrected chi connectivity index (χ3v) is 6.04. The highest BCUT2D eigenvalue weighted by molar-refractivity contribution is 7.80. The lowest BCUT2D eigenvalue weighted by molar-refractivity contribution is -0.125. The molecule has 3 N–H and O–H groups in total. The van der Waals surface area contributed by atoms with E-state index in [-0.39, 0.29) is 5.11 Å². The molecule has 0 saturated heterocycles. The van der Waals surface area contributed by atoms with E-state index in [1.165, 1.54) is 6.92 Å². The third kappa shape index (κ3) is 3.18. The van der Waals surface area contributed by atoms with Crippen molar-refractivity contribution >= 4 is 41.1 Å². The molecule has 0 heterocycles. The second kappa shape index (κ2) is 6.73. The number of carbonyl (C=O) groups excluding carboxylic acids is 1. The van der Waals surface area contributed by atoms with Gasteiger partial charge >= 0.3 is 0 Å². The number of rotatable bonds is 3. The molecule has 5 nitrogen and oxygen atoms in total. The number of nitrogens with two attached hydrogens (primary N) is 1. The zero-order chi connectivity index (χ0) is 16.2. The first-order valence-electron chi connectivity index (χ1n) is 6.55. The molecule has 0 spiro atoms. The molecule has 0 aliphatic heterocycles. The van der Waals surface area contributed by atoms with Crippen LogP contribution in [0.2, 0.25) is 0 Å². The zero-order valence-corrected chi connectivity index (χ0v) is 13.7. The number of nitrogens with one attached hydrogen (secondary N) is 1. The summed E-state index contributed by atoms with van der Waals surface area (Å²) in [6, 6.07) is 17.6. The van der Waals surface area contributed by atoms with E-state index in [0.717, 1.165) is 4.78 Å². The molecule has 0 saturated carbocycles. The molecule has 0 atom stereocenters. The number of amides is 1. The molecule has 0 fully saturated rings. The van der Waals surface area contributed by atoms with Crippen LogP contribution in [0.3, 0.4) is 0 Å². The molecule has 0 radical (unpaired) electrons. The number of nitrogens with zero attached hydrogens (tertiary/aromatic N) is 1. The smallest absolute Gasteiger partial charge is 0.249 e. The summed E-state index contributed by atoms with van der Waals surface area (Å²) >= 11 is 4.81. The molecule has 1 amide bonds. The SMILES string of the molecule is CC(=O)N(NC(N)=S)P(=O)(c1ccccc1)c1ccccc1. The van der Waals surface area contributed by atoms with Crippen molar-refractivity contribution in [3.8, 4) is 0 Å². The van der Waals surface area contributed by atoms with Crippen LogP contribution in [0.5, 0.6) is 0 Å². The maximum atomic E-state index is 13.8. The summed E-state index contributed by atoms with van der Waals surface area (Å²) in [6.45, 7) is 1.31. The largest absolute Gasteiger partial charge is 0.375 e. The van der Waals surface area contributed by atoms with Crippen molar-refractivity contribution in [3.05, 3.63) is 60.7 Å². The second-order valence-electron chi connectivity index (χ2n) is 4.55. The maximum Gasteiger partial charge on any atom is 0.249 e. The van der Waals surface area contributed by atoms with Crippen LogP contribution < -0.4 is 21.8 Å². The van der Waals surface area contributed by atoms with Gasteiger partial charge in [-0.15, -0.1) is 0 Å². The van der Waals surface area contributed by atoms with Gasteiger partial charge in [0.15, 0.2) is 5.11 Å². The Balaban J connectivity index is 2.67. The van der Waals surface area contributed by atoms with E-state index in [9.17, 15) is 9.36 Å². The summed E-state index contributed by atoms with van der Waals surface area (Å²) in [5.74, 6) is -0.441. The first kappa shape index (κ1) is 16.2. The van der Waals surface area contributed by atoms with Gasteiger partial charge in [0.2, 0.25) is 13.2 Å². The van der Waals surface area contributed by atoms with E-state index in [1.54, 1.807) is 48.5 Å². The Bertz CT molecular complexity index is 679. The van der Waals surface area contributed by atoms with Crippen LogP contribution in [0.1, 0.15) is 6.92 Å². The fourth-order valence-electron chi connectivity index (χ4n) is 2.09. The topological polar surface area (TPSA) is 75.4 Å². The minimum atomic E-state index is -3.44. The number of thiocarbonyl (C=S) groups is 1. The van der Waals surface area contributed by atoms with Gasteiger partial charge in [0, 0.05) is 17.5 Å². The average Bonchev–Trinajstić information content (AvgIpc) is 2.53. The normalized spacial score (nSPS) is 10.8. The highest BCUT2D eigenvalue weighted by Crippen LogP contribution is 2.46. The lowest BCUT2D eigenvalue weighted by Gasteiger charge is -2.31. The summed E-state index contributed by atoms with van der Waals surface area (Å²) in [4.78, 5) is 12.0. The van der Waals surface area contributed by atoms with Crippen molar-refractivity contribution in [2.24, 2.45) is 5.73 Å². The first-order valence-corrected chi connectivity index (χ1v) is 8.61. The van der Waals surface area contributed by atoms with Gasteiger partial charge < -0.3 is 5.73 Å². The molecule has 2 aromatic carbocycles. The fourth-order valence-corrected chi connectivity index (χ4v) is 4.81. The Morgan fingerprint density at radius 3 is 1.77 bits per heavy atom. The summed E-state index contributed by atoms with van der Waals surface area (Å²) in [5.41, 5.74) is 8.04. The summed E-state index contributed by atoms with van der Waals surface area (Å²) in [6.07, 6.45) is 0. The summed E-state index contributed by atoms with van der Waals surface area (Å²) in [5, 5.41) is 0.905. The molecule has 0 aromatic heterocycles. The average molecular weight is 333 g/mol. The summed E-state index contributed by atoms with van der Waals surface area (Å²) in [7, 11) is -3.44. The monoisotopic (exact) mass is 333 g/mol. The van der Waals surface area contributed by atoms with Crippen LogP contribution >= 0.6 is 19.5 Å². The molecule has 2 aromatic rings. The Morgan fingerprint density at radius 1 is 1.05 bits per heavy atom. The van der Waals surface area contributed by atoms with Gasteiger partial charge in [-0.2, -0.15) is 4.78 Å². The van der Waals surface area contributed by atoms with Crippen molar-refractivity contribution in [1.29, 1.82) is 0 Å². The lowest BCUT2D eigenvalue weighted by atomic mass is 10.4. The van der Waals surface area contributed by atoms with Gasteiger partial charge in [0.1, 0.15) is 0 Å². The molecule has 0 bridgehead atoms. The summed E-state index contributed by atoms with van der Waals surface area (Å²) < 4.78 is 14.8. The van der Waals surface area contributed by atoms with Gasteiger partial charge in [-0.25, -0.2) is 0 Å². The van der Waals surface area contributed by atoms with Crippen LogP contribution in [0, 0.1) is 0 Å². The number of benzene rings is 2. The molecule has 0 aliphatic carbocycles. The molecular formula is C15H16N3O2PS. The van der Waals surface area contributed by atoms with E-state index < -0.39 is 13.2 Å². The number of hydrogen-bond acceptors (Lipinski definition) is 3. The standard InChI is InChI=1S/C15H16N3O2PS/c1-12(19)18(17-15(16)22)21(20,13-8-4-2-5-9-13)14-10-6-3-7-11-14/h2-11H,1H3,(H3,16,17,22). The molecule has 7 heteroatoms. The molecule has 0 unspecified atom stereocenters. The lowest BCUT2D eigenvalue weighted by Crippen LogP contribution is -2.49. The molecule has 22 heavy (non-hydrogen) atoms. The molecular weight excluding hydrogens is 317 g/mol. The predicted molar refractivity (Wildman–Crippen MR) is 92.2 cm³/mol. The quantitative estimate of drug-likeness (QED) is 0.506. The Kier molecular flexibility index (Phi) is 4.96. The minimum absolute atomic E-state index is 0.123. The van der Waals surface area contributed by atoms with E-state index in [4.69, 9.17) is 18.0 Å². The van der Waals surface area contributed by atoms with Crippen LogP contribution in [0.15, 0.2) is 60.7 Å². The van der Waals surface area contributed by atoms with E-state index in [2.05, 4.69) is 5.43 Å². The Hall–Kier alpha value is -2.17.